The third-order valence-corrected chi connectivity index (χ3v) is 4.39. The standard InChI is InChI=1S/C21H14O7/c22-12-4-1-10(2-5-12)17-8-16(26)20-18(28-17)9-15(25)19(21(20)27)11-3-6-13(23)14(24)7-11/h1-9,22-25,27H. The minimum Gasteiger partial charge on any atom is -0.508 e. The van der Waals surface area contributed by atoms with Crippen LogP contribution in [0.3, 0.4) is 0 Å². The molecular formula is C21H14O7. The molecule has 0 aliphatic carbocycles. The second-order valence-electron chi connectivity index (χ2n) is 6.22. The third kappa shape index (κ3) is 2.75. The van der Waals surface area contributed by atoms with Gasteiger partial charge in [-0.15, -0.1) is 0 Å². The molecule has 1 heterocycles. The van der Waals surface area contributed by atoms with E-state index in [-0.39, 0.29) is 45.1 Å². The summed E-state index contributed by atoms with van der Waals surface area (Å²) >= 11 is 0. The fourth-order valence-electron chi connectivity index (χ4n) is 3.02. The quantitative estimate of drug-likeness (QED) is 0.336. The van der Waals surface area contributed by atoms with Crippen molar-refractivity contribution < 1.29 is 29.9 Å². The molecule has 0 aliphatic rings. The van der Waals surface area contributed by atoms with Crippen LogP contribution in [-0.2, 0) is 0 Å². The van der Waals surface area contributed by atoms with E-state index in [1.54, 1.807) is 12.1 Å². The van der Waals surface area contributed by atoms with Gasteiger partial charge in [0.25, 0.3) is 0 Å². The van der Waals surface area contributed by atoms with Gasteiger partial charge in [0.15, 0.2) is 16.9 Å². The maximum Gasteiger partial charge on any atom is 0.197 e. The Morgan fingerprint density at radius 2 is 1.36 bits per heavy atom. The van der Waals surface area contributed by atoms with Gasteiger partial charge in [0.1, 0.15) is 34.0 Å². The van der Waals surface area contributed by atoms with Crippen molar-refractivity contribution in [1.82, 2.24) is 0 Å². The predicted molar refractivity (Wildman–Crippen MR) is 102 cm³/mol. The van der Waals surface area contributed by atoms with Crippen LogP contribution in [0.25, 0.3) is 33.4 Å². The molecule has 0 unspecified atom stereocenters. The fourth-order valence-corrected chi connectivity index (χ4v) is 3.02. The molecule has 0 atom stereocenters. The van der Waals surface area contributed by atoms with E-state index in [1.165, 1.54) is 36.4 Å². The second kappa shape index (κ2) is 6.24. The number of hydrogen-bond acceptors (Lipinski definition) is 7. The van der Waals surface area contributed by atoms with Crippen LogP contribution in [0.5, 0.6) is 28.7 Å². The summed E-state index contributed by atoms with van der Waals surface area (Å²) < 4.78 is 5.67. The van der Waals surface area contributed by atoms with Crippen LogP contribution in [0.1, 0.15) is 0 Å². The zero-order valence-corrected chi connectivity index (χ0v) is 14.2. The minimum absolute atomic E-state index is 0.0303. The molecule has 0 bridgehead atoms. The summed E-state index contributed by atoms with van der Waals surface area (Å²) in [7, 11) is 0. The van der Waals surface area contributed by atoms with Gasteiger partial charge in [0.05, 0.1) is 5.56 Å². The Balaban J connectivity index is 1.96. The lowest BCUT2D eigenvalue weighted by molar-refractivity contribution is 0.404. The van der Waals surface area contributed by atoms with Crippen LogP contribution in [-0.4, -0.2) is 25.5 Å². The number of hydrogen-bond donors (Lipinski definition) is 5. The van der Waals surface area contributed by atoms with E-state index in [4.69, 9.17) is 4.42 Å². The van der Waals surface area contributed by atoms with Crippen molar-refractivity contribution in [2.24, 2.45) is 0 Å². The highest BCUT2D eigenvalue weighted by Crippen LogP contribution is 2.44. The number of rotatable bonds is 2. The van der Waals surface area contributed by atoms with Gasteiger partial charge in [-0.2, -0.15) is 0 Å². The molecule has 0 saturated heterocycles. The molecule has 4 aromatic rings. The average Bonchev–Trinajstić information content (AvgIpc) is 2.64. The molecular weight excluding hydrogens is 364 g/mol. The van der Waals surface area contributed by atoms with Crippen molar-refractivity contribution >= 4 is 11.0 Å². The van der Waals surface area contributed by atoms with Crippen LogP contribution >= 0.6 is 0 Å². The van der Waals surface area contributed by atoms with Gasteiger partial charge >= 0.3 is 0 Å². The first-order valence-corrected chi connectivity index (χ1v) is 8.19. The summed E-state index contributed by atoms with van der Waals surface area (Å²) in [5.74, 6) is -1.42. The zero-order chi connectivity index (χ0) is 20.0. The molecule has 0 spiro atoms. The van der Waals surface area contributed by atoms with Gasteiger partial charge < -0.3 is 29.9 Å². The number of phenols is 5. The normalized spacial score (nSPS) is 11.0. The topological polar surface area (TPSA) is 131 Å². The highest BCUT2D eigenvalue weighted by molar-refractivity contribution is 5.95. The largest absolute Gasteiger partial charge is 0.508 e. The van der Waals surface area contributed by atoms with Gasteiger partial charge in [-0.05, 0) is 42.0 Å². The van der Waals surface area contributed by atoms with Gasteiger partial charge in [-0.3, -0.25) is 4.79 Å². The third-order valence-electron chi connectivity index (χ3n) is 4.39. The molecule has 1 aromatic heterocycles. The zero-order valence-electron chi connectivity index (χ0n) is 14.2. The maximum atomic E-state index is 12.6. The van der Waals surface area contributed by atoms with E-state index >= 15 is 0 Å². The Bertz CT molecular complexity index is 1270. The molecule has 140 valence electrons. The summed E-state index contributed by atoms with van der Waals surface area (Å²) in [6.45, 7) is 0. The van der Waals surface area contributed by atoms with Crippen molar-refractivity contribution in [3.8, 4) is 51.2 Å². The SMILES string of the molecule is O=c1cc(-c2ccc(O)cc2)oc2cc(O)c(-c3ccc(O)c(O)c3)c(O)c12. The van der Waals surface area contributed by atoms with Crippen molar-refractivity contribution in [2.45, 2.75) is 0 Å². The number of benzene rings is 3. The summed E-state index contributed by atoms with van der Waals surface area (Å²) in [6.07, 6.45) is 0. The van der Waals surface area contributed by atoms with E-state index in [1.807, 2.05) is 0 Å². The van der Waals surface area contributed by atoms with Crippen molar-refractivity contribution in [2.75, 3.05) is 0 Å². The van der Waals surface area contributed by atoms with Gasteiger partial charge in [0.2, 0.25) is 0 Å². The highest BCUT2D eigenvalue weighted by atomic mass is 16.3. The molecule has 0 radical (unpaired) electrons. The fraction of sp³-hybridized carbons (Fsp3) is 0. The monoisotopic (exact) mass is 378 g/mol. The summed E-state index contributed by atoms with van der Waals surface area (Å²) in [5.41, 5.74) is 0.0911. The summed E-state index contributed by atoms with van der Waals surface area (Å²) in [4.78, 5) is 12.6. The van der Waals surface area contributed by atoms with E-state index in [9.17, 15) is 30.3 Å². The van der Waals surface area contributed by atoms with Gasteiger partial charge in [-0.25, -0.2) is 0 Å². The second-order valence-corrected chi connectivity index (χ2v) is 6.22. The number of phenolic OH excluding ortho intramolecular Hbond substituents is 5. The molecule has 3 aromatic carbocycles. The molecule has 0 aliphatic heterocycles. The molecule has 0 saturated carbocycles. The lowest BCUT2D eigenvalue weighted by Gasteiger charge is -2.12. The first-order chi connectivity index (χ1) is 13.3. The van der Waals surface area contributed by atoms with Crippen LogP contribution in [0.4, 0.5) is 0 Å². The first kappa shape index (κ1) is 17.3. The van der Waals surface area contributed by atoms with Crippen molar-refractivity contribution in [3.05, 3.63) is 64.8 Å². The molecule has 28 heavy (non-hydrogen) atoms. The summed E-state index contributed by atoms with van der Waals surface area (Å²) in [6, 6.07) is 12.1. The van der Waals surface area contributed by atoms with Crippen LogP contribution < -0.4 is 5.43 Å². The molecule has 7 nitrogen and oxygen atoms in total. The lowest BCUT2D eigenvalue weighted by Crippen LogP contribution is -2.01. The van der Waals surface area contributed by atoms with E-state index in [2.05, 4.69) is 0 Å². The molecule has 5 N–H and O–H groups in total. The van der Waals surface area contributed by atoms with Crippen molar-refractivity contribution in [3.63, 3.8) is 0 Å². The number of fused-ring (bicyclic) bond motifs is 1. The summed E-state index contributed by atoms with van der Waals surface area (Å²) in [5, 5.41) is 49.4. The van der Waals surface area contributed by atoms with Gasteiger partial charge in [-0.1, -0.05) is 6.07 Å². The molecule has 0 fully saturated rings. The average molecular weight is 378 g/mol. The maximum absolute atomic E-state index is 12.6. The van der Waals surface area contributed by atoms with E-state index in [0.29, 0.717) is 5.56 Å². The number of aromatic hydroxyl groups is 5. The molecule has 0 amide bonds. The van der Waals surface area contributed by atoms with Crippen LogP contribution in [0.2, 0.25) is 0 Å². The molecule has 4 rings (SSSR count). The van der Waals surface area contributed by atoms with Crippen LogP contribution in [0, 0.1) is 0 Å². The Hall–Kier alpha value is -4.13. The highest BCUT2D eigenvalue weighted by Gasteiger charge is 2.20. The van der Waals surface area contributed by atoms with Crippen LogP contribution in [0.15, 0.2) is 63.8 Å². The van der Waals surface area contributed by atoms with Crippen molar-refractivity contribution in [1.29, 1.82) is 0 Å². The Kier molecular flexibility index (Phi) is 3.85. The lowest BCUT2D eigenvalue weighted by atomic mass is 9.99. The Labute approximate surface area is 157 Å². The smallest absolute Gasteiger partial charge is 0.197 e. The minimum atomic E-state index is -0.536. The van der Waals surface area contributed by atoms with E-state index < -0.39 is 16.9 Å². The van der Waals surface area contributed by atoms with Gasteiger partial charge in [0, 0.05) is 17.7 Å². The first-order valence-electron chi connectivity index (χ1n) is 8.19. The Morgan fingerprint density at radius 3 is 2.04 bits per heavy atom. The van der Waals surface area contributed by atoms with E-state index in [0.717, 1.165) is 6.07 Å². The molecule has 7 heteroatoms. The predicted octanol–water partition coefficient (Wildman–Crippen LogP) is 3.66. The Morgan fingerprint density at radius 1 is 0.679 bits per heavy atom.